The van der Waals surface area contributed by atoms with Crippen molar-refractivity contribution in [3.63, 3.8) is 0 Å². The third kappa shape index (κ3) is 7.12. The number of guanidine groups is 1. The molecule has 1 fully saturated rings. The van der Waals surface area contributed by atoms with Crippen LogP contribution < -0.4 is 16.0 Å². The van der Waals surface area contributed by atoms with Crippen molar-refractivity contribution >= 4 is 41.5 Å². The number of amides is 1. The summed E-state index contributed by atoms with van der Waals surface area (Å²) in [5.41, 5.74) is 7.81. The fraction of sp³-hybridized carbons (Fsp3) is 0.333. The highest BCUT2D eigenvalue weighted by Crippen LogP contribution is 2.16. The lowest BCUT2D eigenvalue weighted by molar-refractivity contribution is -0.120. The number of piperazine rings is 1. The van der Waals surface area contributed by atoms with Gasteiger partial charge in [-0.25, -0.2) is 8.78 Å². The van der Waals surface area contributed by atoms with Crippen LogP contribution in [0.3, 0.4) is 0 Å². The maximum atomic E-state index is 13.0. The second-order valence-electron chi connectivity index (χ2n) is 6.84. The quantitative estimate of drug-likeness (QED) is 0.261. The van der Waals surface area contributed by atoms with Gasteiger partial charge in [0.2, 0.25) is 5.91 Å². The van der Waals surface area contributed by atoms with Crippen molar-refractivity contribution in [3.05, 3.63) is 65.7 Å². The number of nitrogens with zero attached hydrogens (tertiary/aromatic N) is 3. The van der Waals surface area contributed by atoms with Gasteiger partial charge in [-0.2, -0.15) is 0 Å². The molecule has 0 aromatic heterocycles. The summed E-state index contributed by atoms with van der Waals surface area (Å²) in [4.78, 5) is 20.4. The van der Waals surface area contributed by atoms with Crippen LogP contribution in [0.25, 0.3) is 0 Å². The zero-order valence-electron chi connectivity index (χ0n) is 16.6. The summed E-state index contributed by atoms with van der Waals surface area (Å²) in [5.74, 6) is -0.249. The summed E-state index contributed by atoms with van der Waals surface area (Å²) in [6.45, 7) is 3.77. The third-order valence-electron chi connectivity index (χ3n) is 4.78. The molecule has 3 N–H and O–H groups in total. The summed E-state index contributed by atoms with van der Waals surface area (Å²) in [6, 6.07) is 12.3. The molecule has 162 valence electrons. The van der Waals surface area contributed by atoms with E-state index in [1.807, 2.05) is 4.90 Å². The van der Waals surface area contributed by atoms with Crippen molar-refractivity contribution in [1.82, 2.24) is 10.2 Å². The third-order valence-corrected chi connectivity index (χ3v) is 4.78. The zero-order valence-corrected chi connectivity index (χ0v) is 18.9. The lowest BCUT2D eigenvalue weighted by atomic mass is 10.1. The van der Waals surface area contributed by atoms with E-state index in [1.165, 1.54) is 24.3 Å². The minimum atomic E-state index is -0.322. The summed E-state index contributed by atoms with van der Waals surface area (Å²) in [5, 5.41) is 2.78. The molecule has 9 heteroatoms. The Hall–Kier alpha value is -2.43. The van der Waals surface area contributed by atoms with E-state index in [0.29, 0.717) is 19.0 Å². The topological polar surface area (TPSA) is 74.0 Å². The van der Waals surface area contributed by atoms with Gasteiger partial charge in [0.25, 0.3) is 0 Å². The molecule has 0 radical (unpaired) electrons. The number of halogens is 3. The van der Waals surface area contributed by atoms with Crippen LogP contribution in [0.4, 0.5) is 14.5 Å². The van der Waals surface area contributed by atoms with Gasteiger partial charge < -0.3 is 20.9 Å². The molecule has 0 spiro atoms. The molecule has 1 aliphatic rings. The summed E-state index contributed by atoms with van der Waals surface area (Å²) < 4.78 is 25.9. The van der Waals surface area contributed by atoms with Gasteiger partial charge in [0.05, 0.1) is 13.0 Å². The van der Waals surface area contributed by atoms with Crippen molar-refractivity contribution in [2.45, 2.75) is 6.42 Å². The van der Waals surface area contributed by atoms with Crippen molar-refractivity contribution in [2.75, 3.05) is 44.2 Å². The SMILES string of the molecule is I.NC(=NCCNC(=O)Cc1ccc(F)cc1)N1CCN(c2ccc(F)cc2)CC1. The molecule has 2 aromatic rings. The summed E-state index contributed by atoms with van der Waals surface area (Å²) in [7, 11) is 0. The van der Waals surface area contributed by atoms with Gasteiger partial charge >= 0.3 is 0 Å². The molecule has 6 nitrogen and oxygen atoms in total. The monoisotopic (exact) mass is 529 g/mol. The fourth-order valence-electron chi connectivity index (χ4n) is 3.16. The van der Waals surface area contributed by atoms with Crippen molar-refractivity contribution in [2.24, 2.45) is 10.7 Å². The van der Waals surface area contributed by atoms with Crippen LogP contribution in [0.15, 0.2) is 53.5 Å². The number of nitrogens with one attached hydrogen (secondary N) is 1. The van der Waals surface area contributed by atoms with E-state index in [0.717, 1.165) is 37.4 Å². The number of hydrogen-bond donors (Lipinski definition) is 2. The van der Waals surface area contributed by atoms with E-state index in [4.69, 9.17) is 5.73 Å². The number of nitrogens with two attached hydrogens (primary N) is 1. The van der Waals surface area contributed by atoms with Crippen molar-refractivity contribution in [3.8, 4) is 0 Å². The predicted molar refractivity (Wildman–Crippen MR) is 125 cm³/mol. The Balaban J connectivity index is 0.00000320. The van der Waals surface area contributed by atoms with Gasteiger partial charge in [0.1, 0.15) is 11.6 Å². The van der Waals surface area contributed by atoms with Gasteiger partial charge in [-0.05, 0) is 42.0 Å². The minimum absolute atomic E-state index is 0. The van der Waals surface area contributed by atoms with Gasteiger partial charge in [-0.3, -0.25) is 9.79 Å². The molecule has 3 rings (SSSR count). The first-order chi connectivity index (χ1) is 14.0. The highest BCUT2D eigenvalue weighted by molar-refractivity contribution is 14.0. The van der Waals surface area contributed by atoms with Gasteiger partial charge in [0, 0.05) is 38.4 Å². The van der Waals surface area contributed by atoms with Gasteiger partial charge in [-0.1, -0.05) is 12.1 Å². The molecule has 30 heavy (non-hydrogen) atoms. The molecule has 1 heterocycles. The minimum Gasteiger partial charge on any atom is -0.370 e. The summed E-state index contributed by atoms with van der Waals surface area (Å²) >= 11 is 0. The molecule has 1 amide bonds. The van der Waals surface area contributed by atoms with Crippen LogP contribution in [-0.2, 0) is 11.2 Å². The molecular formula is C21H26F2IN5O. The van der Waals surface area contributed by atoms with Crippen LogP contribution in [-0.4, -0.2) is 56.0 Å². The average Bonchev–Trinajstić information content (AvgIpc) is 2.73. The molecule has 1 aliphatic heterocycles. The van der Waals surface area contributed by atoms with Crippen LogP contribution in [0.2, 0.25) is 0 Å². The van der Waals surface area contributed by atoms with E-state index in [9.17, 15) is 13.6 Å². The van der Waals surface area contributed by atoms with Crippen molar-refractivity contribution in [1.29, 1.82) is 0 Å². The number of anilines is 1. The largest absolute Gasteiger partial charge is 0.370 e. The molecule has 0 aliphatic carbocycles. The summed E-state index contributed by atoms with van der Waals surface area (Å²) in [6.07, 6.45) is 0.199. The standard InChI is InChI=1S/C21H25F2N5O.HI/c22-17-3-1-16(2-4-17)15-20(29)25-9-10-26-21(24)28-13-11-27(12-14-28)19-7-5-18(23)6-8-19;/h1-8H,9-15H2,(H2,24,26)(H,25,29);1H. The van der Waals surface area contributed by atoms with E-state index < -0.39 is 0 Å². The lowest BCUT2D eigenvalue weighted by Crippen LogP contribution is -2.51. The predicted octanol–water partition coefficient (Wildman–Crippen LogP) is 2.38. The van der Waals surface area contributed by atoms with Crippen LogP contribution in [0.5, 0.6) is 0 Å². The molecule has 0 atom stereocenters. The highest BCUT2D eigenvalue weighted by atomic mass is 127. The van der Waals surface area contributed by atoms with Crippen LogP contribution in [0.1, 0.15) is 5.56 Å². The Morgan fingerprint density at radius 1 is 0.967 bits per heavy atom. The first kappa shape index (κ1) is 23.8. The Kier molecular flexibility index (Phi) is 9.28. The maximum Gasteiger partial charge on any atom is 0.224 e. The van der Waals surface area contributed by atoms with E-state index in [-0.39, 0.29) is 47.9 Å². The second kappa shape index (κ2) is 11.7. The Bertz CT molecular complexity index is 837. The maximum absolute atomic E-state index is 13.0. The number of hydrogen-bond acceptors (Lipinski definition) is 3. The average molecular weight is 529 g/mol. The van der Waals surface area contributed by atoms with E-state index >= 15 is 0 Å². The molecule has 0 bridgehead atoms. The first-order valence-corrected chi connectivity index (χ1v) is 9.58. The van der Waals surface area contributed by atoms with Gasteiger partial charge in [0.15, 0.2) is 5.96 Å². The highest BCUT2D eigenvalue weighted by Gasteiger charge is 2.18. The normalized spacial score (nSPS) is 14.3. The number of rotatable bonds is 6. The molecule has 1 saturated heterocycles. The fourth-order valence-corrected chi connectivity index (χ4v) is 3.16. The van der Waals surface area contributed by atoms with Crippen LogP contribution >= 0.6 is 24.0 Å². The second-order valence-corrected chi connectivity index (χ2v) is 6.84. The first-order valence-electron chi connectivity index (χ1n) is 9.58. The van der Waals surface area contributed by atoms with E-state index in [1.54, 1.807) is 24.3 Å². The van der Waals surface area contributed by atoms with Gasteiger partial charge in [-0.15, -0.1) is 24.0 Å². The number of benzene rings is 2. The Morgan fingerprint density at radius 3 is 2.13 bits per heavy atom. The van der Waals surface area contributed by atoms with Crippen molar-refractivity contribution < 1.29 is 13.6 Å². The number of carbonyl (C=O) groups is 1. The zero-order chi connectivity index (χ0) is 20.6. The molecular weight excluding hydrogens is 503 g/mol. The van der Waals surface area contributed by atoms with Crippen LogP contribution in [0, 0.1) is 11.6 Å². The Morgan fingerprint density at radius 2 is 1.53 bits per heavy atom. The molecule has 0 saturated carbocycles. The van der Waals surface area contributed by atoms with E-state index in [2.05, 4.69) is 15.2 Å². The number of aliphatic imine (C=N–C) groups is 1. The smallest absolute Gasteiger partial charge is 0.224 e. The number of carbonyl (C=O) groups excluding carboxylic acids is 1. The lowest BCUT2D eigenvalue weighted by Gasteiger charge is -2.36. The molecule has 2 aromatic carbocycles. The molecule has 0 unspecified atom stereocenters. The Labute approximate surface area is 192 Å².